The fraction of sp³-hybridized carbons (Fsp3) is 0.269. The number of nitrogens with one attached hydrogen (secondary N) is 1. The molecule has 0 unspecified atom stereocenters. The molecule has 0 spiro atoms. The van der Waals surface area contributed by atoms with Crippen LogP contribution < -0.4 is 10.2 Å². The molecule has 1 N–H and O–H groups in total. The monoisotopic (exact) mass is 508 g/mol. The van der Waals surface area contributed by atoms with E-state index >= 15 is 0 Å². The van der Waals surface area contributed by atoms with Gasteiger partial charge < -0.3 is 15.0 Å². The number of ether oxygens (including phenoxy) is 1. The second kappa shape index (κ2) is 10.1. The summed E-state index contributed by atoms with van der Waals surface area (Å²) in [6.07, 6.45) is 3.70. The van der Waals surface area contributed by atoms with Gasteiger partial charge in [-0.25, -0.2) is 9.48 Å². The topological polar surface area (TPSA) is 76.5 Å². The van der Waals surface area contributed by atoms with Gasteiger partial charge in [-0.15, -0.1) is 11.3 Å². The normalized spacial score (nSPS) is 13.7. The number of para-hydroxylation sites is 1. The Morgan fingerprint density at radius 1 is 1.09 bits per heavy atom. The third kappa shape index (κ3) is 5.04. The summed E-state index contributed by atoms with van der Waals surface area (Å²) in [5, 5.41) is 8.76. The number of thiophene rings is 1. The van der Waals surface area contributed by atoms with Gasteiger partial charge in [-0.3, -0.25) is 4.79 Å². The van der Waals surface area contributed by atoms with Gasteiger partial charge in [0.15, 0.2) is 6.61 Å². The van der Waals surface area contributed by atoms with Crippen LogP contribution in [-0.2, 0) is 9.53 Å². The average molecular weight is 509 g/mol. The average Bonchev–Trinajstić information content (AvgIpc) is 3.45. The number of amides is 1. The molecule has 0 atom stereocenters. The maximum atomic E-state index is 12.7. The van der Waals surface area contributed by atoms with Crippen LogP contribution in [0.15, 0.2) is 54.6 Å². The first-order chi connectivity index (χ1) is 17.0. The number of rotatable bonds is 6. The Hall–Kier alpha value is -3.36. The first-order valence-corrected chi connectivity index (χ1v) is 12.7. The highest BCUT2D eigenvalue weighted by Gasteiger charge is 2.20. The van der Waals surface area contributed by atoms with E-state index in [2.05, 4.69) is 15.3 Å². The molecule has 180 valence electrons. The fourth-order valence-electron chi connectivity index (χ4n) is 4.24. The Morgan fingerprint density at radius 3 is 2.57 bits per heavy atom. The third-order valence-corrected chi connectivity index (χ3v) is 7.44. The molecule has 0 bridgehead atoms. The minimum Gasteiger partial charge on any atom is -0.451 e. The molecular weight excluding hydrogens is 484 g/mol. The largest absolute Gasteiger partial charge is 0.451 e. The summed E-state index contributed by atoms with van der Waals surface area (Å²) in [5.74, 6) is -0.935. The van der Waals surface area contributed by atoms with Crippen molar-refractivity contribution in [3.8, 4) is 5.69 Å². The fourth-order valence-corrected chi connectivity index (χ4v) is 5.53. The number of nitrogens with zero attached hydrogens (tertiary/aromatic N) is 3. The second-order valence-corrected chi connectivity index (χ2v) is 9.93. The van der Waals surface area contributed by atoms with Crippen molar-refractivity contribution in [1.29, 1.82) is 0 Å². The Balaban J connectivity index is 1.21. The van der Waals surface area contributed by atoms with Gasteiger partial charge >= 0.3 is 5.97 Å². The number of esters is 1. The number of benzene rings is 2. The first-order valence-electron chi connectivity index (χ1n) is 11.6. The summed E-state index contributed by atoms with van der Waals surface area (Å²) in [6, 6.07) is 16.9. The van der Waals surface area contributed by atoms with Crippen molar-refractivity contribution in [2.75, 3.05) is 29.9 Å². The van der Waals surface area contributed by atoms with E-state index in [4.69, 9.17) is 16.3 Å². The van der Waals surface area contributed by atoms with Crippen LogP contribution in [0.2, 0.25) is 5.02 Å². The lowest BCUT2D eigenvalue weighted by Crippen LogP contribution is -2.29. The number of piperidine rings is 1. The van der Waals surface area contributed by atoms with Crippen LogP contribution in [0, 0.1) is 6.92 Å². The molecule has 35 heavy (non-hydrogen) atoms. The molecule has 1 amide bonds. The zero-order chi connectivity index (χ0) is 24.4. The predicted octanol–water partition coefficient (Wildman–Crippen LogP) is 5.83. The molecule has 0 aliphatic carbocycles. The smallest absolute Gasteiger partial charge is 0.348 e. The lowest BCUT2D eigenvalue weighted by Gasteiger charge is -2.28. The summed E-state index contributed by atoms with van der Waals surface area (Å²) in [6.45, 7) is 3.64. The van der Waals surface area contributed by atoms with Crippen molar-refractivity contribution < 1.29 is 14.3 Å². The van der Waals surface area contributed by atoms with Crippen LogP contribution in [0.5, 0.6) is 0 Å². The van der Waals surface area contributed by atoms with E-state index in [-0.39, 0.29) is 12.5 Å². The molecule has 3 heterocycles. The lowest BCUT2D eigenvalue weighted by atomic mass is 10.1. The van der Waals surface area contributed by atoms with E-state index in [1.54, 1.807) is 16.8 Å². The Kier molecular flexibility index (Phi) is 6.74. The molecule has 2 aromatic carbocycles. The number of hydrogen-bond donors (Lipinski definition) is 1. The van der Waals surface area contributed by atoms with Crippen molar-refractivity contribution in [1.82, 2.24) is 9.78 Å². The minimum absolute atomic E-state index is 0.365. The summed E-state index contributed by atoms with van der Waals surface area (Å²) in [7, 11) is 0. The van der Waals surface area contributed by atoms with E-state index in [0.29, 0.717) is 15.6 Å². The van der Waals surface area contributed by atoms with Crippen LogP contribution in [0.25, 0.3) is 15.9 Å². The molecule has 2 aromatic heterocycles. The van der Waals surface area contributed by atoms with E-state index < -0.39 is 5.97 Å². The zero-order valence-corrected chi connectivity index (χ0v) is 20.9. The standard InChI is InChI=1S/C26H25ClN4O3S/c1-17-20-15-23(35-25(20)31(29-17)22-8-4-3-7-21(22)27)26(33)34-16-24(32)28-18-9-11-19(12-10-18)30-13-5-2-6-14-30/h3-4,7-12,15H,2,5-6,13-14,16H2,1H3,(H,28,32). The van der Waals surface area contributed by atoms with Crippen molar-refractivity contribution in [3.63, 3.8) is 0 Å². The van der Waals surface area contributed by atoms with Gasteiger partial charge in [0, 0.05) is 29.9 Å². The summed E-state index contributed by atoms with van der Waals surface area (Å²) in [4.78, 5) is 28.6. The van der Waals surface area contributed by atoms with Crippen molar-refractivity contribution in [2.45, 2.75) is 26.2 Å². The maximum Gasteiger partial charge on any atom is 0.348 e. The van der Waals surface area contributed by atoms with Gasteiger partial charge in [0.25, 0.3) is 5.91 Å². The van der Waals surface area contributed by atoms with Crippen LogP contribution in [0.4, 0.5) is 11.4 Å². The summed E-state index contributed by atoms with van der Waals surface area (Å²) >= 11 is 7.60. The van der Waals surface area contributed by atoms with E-state index in [0.717, 1.165) is 40.4 Å². The van der Waals surface area contributed by atoms with Gasteiger partial charge in [0.05, 0.1) is 16.4 Å². The zero-order valence-electron chi connectivity index (χ0n) is 19.3. The lowest BCUT2D eigenvalue weighted by molar-refractivity contribution is -0.119. The highest BCUT2D eigenvalue weighted by atomic mass is 35.5. The van der Waals surface area contributed by atoms with E-state index in [1.807, 2.05) is 49.4 Å². The molecule has 1 aliphatic heterocycles. The number of halogens is 1. The minimum atomic E-state index is -0.549. The summed E-state index contributed by atoms with van der Waals surface area (Å²) < 4.78 is 7.02. The maximum absolute atomic E-state index is 12.7. The SMILES string of the molecule is Cc1nn(-c2ccccc2Cl)c2sc(C(=O)OCC(=O)Nc3ccc(N4CCCCC4)cc3)cc12. The molecule has 1 aliphatic rings. The molecule has 9 heteroatoms. The van der Waals surface area contributed by atoms with E-state index in [9.17, 15) is 9.59 Å². The van der Waals surface area contributed by atoms with Gasteiger partial charge in [0.2, 0.25) is 0 Å². The van der Waals surface area contributed by atoms with Crippen molar-refractivity contribution in [2.24, 2.45) is 0 Å². The number of fused-ring (bicyclic) bond motifs is 1. The predicted molar refractivity (Wildman–Crippen MR) is 140 cm³/mol. The summed E-state index contributed by atoms with van der Waals surface area (Å²) in [5.41, 5.74) is 3.34. The Bertz CT molecular complexity index is 1370. The highest BCUT2D eigenvalue weighted by molar-refractivity contribution is 7.20. The second-order valence-electron chi connectivity index (χ2n) is 8.50. The molecule has 1 saturated heterocycles. The van der Waals surface area contributed by atoms with Crippen LogP contribution in [-0.4, -0.2) is 41.4 Å². The molecular formula is C26H25ClN4O3S. The van der Waals surface area contributed by atoms with E-state index in [1.165, 1.54) is 30.6 Å². The molecule has 4 aromatic rings. The number of carbonyl (C=O) groups is 2. The quantitative estimate of drug-likeness (QED) is 0.331. The van der Waals surface area contributed by atoms with Gasteiger partial charge in [-0.05, 0) is 68.7 Å². The van der Waals surface area contributed by atoms with Gasteiger partial charge in [-0.1, -0.05) is 23.7 Å². The van der Waals surface area contributed by atoms with Crippen LogP contribution in [0.1, 0.15) is 34.6 Å². The van der Waals surface area contributed by atoms with Gasteiger partial charge in [-0.2, -0.15) is 5.10 Å². The number of carbonyl (C=O) groups excluding carboxylic acids is 2. The first kappa shape index (κ1) is 23.4. The van der Waals surface area contributed by atoms with Crippen molar-refractivity contribution in [3.05, 3.63) is 70.2 Å². The van der Waals surface area contributed by atoms with Crippen LogP contribution in [0.3, 0.4) is 0 Å². The number of aryl methyl sites for hydroxylation is 1. The third-order valence-electron chi connectivity index (χ3n) is 6.03. The molecule has 7 nitrogen and oxygen atoms in total. The molecule has 0 saturated carbocycles. The number of aromatic nitrogens is 2. The molecule has 5 rings (SSSR count). The number of anilines is 2. The number of hydrogen-bond acceptors (Lipinski definition) is 6. The van der Waals surface area contributed by atoms with Crippen molar-refractivity contribution >= 4 is 56.4 Å². The Morgan fingerprint density at radius 2 is 1.83 bits per heavy atom. The highest BCUT2D eigenvalue weighted by Crippen LogP contribution is 2.32. The van der Waals surface area contributed by atoms with Crippen LogP contribution >= 0.6 is 22.9 Å². The van der Waals surface area contributed by atoms with Gasteiger partial charge in [0.1, 0.15) is 9.71 Å². The Labute approximate surface area is 212 Å². The molecule has 0 radical (unpaired) electrons. The molecule has 1 fully saturated rings.